The number of rotatable bonds is 10. The molecule has 0 fully saturated rings. The normalized spacial score (nSPS) is 11.1. The lowest BCUT2D eigenvalue weighted by atomic mass is 10.2. The number of aliphatic imine (C=N–C) groups is 1. The van der Waals surface area contributed by atoms with Gasteiger partial charge in [-0.15, -0.1) is 24.0 Å². The summed E-state index contributed by atoms with van der Waals surface area (Å²) in [6, 6.07) is 10.3. The smallest absolute Gasteiger partial charge is 0.191 e. The number of ether oxygens (including phenoxy) is 1. The Labute approximate surface area is 173 Å². The fourth-order valence-electron chi connectivity index (χ4n) is 2.38. The van der Waals surface area contributed by atoms with Crippen molar-refractivity contribution in [2.75, 3.05) is 26.3 Å². The summed E-state index contributed by atoms with van der Waals surface area (Å²) in [6.45, 7) is 8.68. The molecule has 0 saturated heterocycles. The average Bonchev–Trinajstić information content (AvgIpc) is 3.07. The van der Waals surface area contributed by atoms with E-state index in [1.54, 1.807) is 0 Å². The molecule has 0 spiro atoms. The number of benzene rings is 1. The molecule has 0 atom stereocenters. The molecule has 0 aliphatic heterocycles. The van der Waals surface area contributed by atoms with Crippen LogP contribution in [0.4, 0.5) is 0 Å². The third kappa shape index (κ3) is 8.66. The summed E-state index contributed by atoms with van der Waals surface area (Å²) >= 11 is 0. The summed E-state index contributed by atoms with van der Waals surface area (Å²) in [5, 5.41) is 11.0. The highest BCUT2D eigenvalue weighted by atomic mass is 127. The second-order valence-corrected chi connectivity index (χ2v) is 5.70. The minimum atomic E-state index is 0. The van der Waals surface area contributed by atoms with Crippen molar-refractivity contribution in [1.82, 2.24) is 20.4 Å². The molecule has 7 heteroatoms. The number of hydrogen-bond donors (Lipinski definition) is 2. The van der Waals surface area contributed by atoms with Crippen LogP contribution in [0.3, 0.4) is 0 Å². The van der Waals surface area contributed by atoms with Crippen LogP contribution in [-0.2, 0) is 17.8 Å². The van der Waals surface area contributed by atoms with E-state index in [-0.39, 0.29) is 24.0 Å². The Morgan fingerprint density at radius 1 is 1.15 bits per heavy atom. The quantitative estimate of drug-likeness (QED) is 0.242. The first-order valence-corrected chi connectivity index (χ1v) is 8.97. The van der Waals surface area contributed by atoms with Crippen LogP contribution in [0.15, 0.2) is 47.7 Å². The van der Waals surface area contributed by atoms with Gasteiger partial charge in [0.05, 0.1) is 19.3 Å². The summed E-state index contributed by atoms with van der Waals surface area (Å²) in [6.07, 6.45) is 4.90. The summed E-state index contributed by atoms with van der Waals surface area (Å²) < 4.78 is 7.29. The molecular formula is C19H30IN5O. The van der Waals surface area contributed by atoms with Crippen molar-refractivity contribution in [3.05, 3.63) is 53.9 Å². The minimum absolute atomic E-state index is 0. The lowest BCUT2D eigenvalue weighted by molar-refractivity contribution is 0.145. The van der Waals surface area contributed by atoms with Crippen molar-refractivity contribution >= 4 is 29.9 Å². The van der Waals surface area contributed by atoms with E-state index in [0.717, 1.165) is 50.8 Å². The molecule has 0 aliphatic rings. The van der Waals surface area contributed by atoms with Gasteiger partial charge in [-0.25, -0.2) is 4.99 Å². The molecule has 1 aromatic carbocycles. The maximum atomic E-state index is 5.34. The molecule has 0 bridgehead atoms. The number of aromatic nitrogens is 2. The first-order valence-electron chi connectivity index (χ1n) is 8.97. The monoisotopic (exact) mass is 471 g/mol. The summed E-state index contributed by atoms with van der Waals surface area (Å²) in [7, 11) is 0. The second-order valence-electron chi connectivity index (χ2n) is 5.70. The van der Waals surface area contributed by atoms with E-state index in [9.17, 15) is 0 Å². The Hall–Kier alpha value is -1.61. The summed E-state index contributed by atoms with van der Waals surface area (Å²) in [4.78, 5) is 4.62. The molecule has 26 heavy (non-hydrogen) atoms. The molecule has 6 nitrogen and oxygen atoms in total. The fourth-order valence-corrected chi connectivity index (χ4v) is 2.38. The van der Waals surface area contributed by atoms with Crippen molar-refractivity contribution in [2.24, 2.45) is 4.99 Å². The van der Waals surface area contributed by atoms with E-state index in [1.807, 2.05) is 36.0 Å². The van der Waals surface area contributed by atoms with Gasteiger partial charge < -0.3 is 15.4 Å². The van der Waals surface area contributed by atoms with Crippen LogP contribution in [0.25, 0.3) is 0 Å². The molecule has 2 rings (SSSR count). The molecular weight excluding hydrogens is 441 g/mol. The van der Waals surface area contributed by atoms with Crippen LogP contribution in [0.5, 0.6) is 0 Å². The van der Waals surface area contributed by atoms with Crippen molar-refractivity contribution in [1.29, 1.82) is 0 Å². The molecule has 0 aliphatic carbocycles. The predicted molar refractivity (Wildman–Crippen MR) is 117 cm³/mol. The molecule has 144 valence electrons. The zero-order valence-corrected chi connectivity index (χ0v) is 18.0. The number of guanidine groups is 1. The fraction of sp³-hybridized carbons (Fsp3) is 0.474. The highest BCUT2D eigenvalue weighted by Gasteiger charge is 2.01. The van der Waals surface area contributed by atoms with Gasteiger partial charge in [0.15, 0.2) is 5.96 Å². The Morgan fingerprint density at radius 3 is 2.69 bits per heavy atom. The average molecular weight is 471 g/mol. The lowest BCUT2D eigenvalue weighted by Crippen LogP contribution is -2.38. The van der Waals surface area contributed by atoms with Gasteiger partial charge in [-0.2, -0.15) is 5.10 Å². The third-order valence-electron chi connectivity index (χ3n) is 3.60. The van der Waals surface area contributed by atoms with Gasteiger partial charge in [0, 0.05) is 38.1 Å². The molecule has 2 aromatic rings. The number of hydrogen-bond acceptors (Lipinski definition) is 3. The van der Waals surface area contributed by atoms with Gasteiger partial charge in [-0.05, 0) is 25.8 Å². The molecule has 1 aromatic heterocycles. The van der Waals surface area contributed by atoms with Gasteiger partial charge in [0.2, 0.25) is 0 Å². The number of nitrogens with zero attached hydrogens (tertiary/aromatic N) is 3. The second kappa shape index (κ2) is 13.6. The number of halogens is 1. The maximum Gasteiger partial charge on any atom is 0.191 e. The highest BCUT2D eigenvalue weighted by Crippen LogP contribution is 2.05. The number of nitrogens with one attached hydrogen (secondary N) is 2. The standard InChI is InChI=1S/C19H29N5O.HI/c1-3-20-19(21-11-8-12-25-4-2)22-13-18-14-23-24(16-18)15-17-9-6-5-7-10-17;/h5-7,9-10,14,16H,3-4,8,11-13,15H2,1-2H3,(H2,20,21,22);1H. The lowest BCUT2D eigenvalue weighted by Gasteiger charge is -2.10. The van der Waals surface area contributed by atoms with Crippen molar-refractivity contribution in [2.45, 2.75) is 33.4 Å². The van der Waals surface area contributed by atoms with Gasteiger partial charge in [-0.3, -0.25) is 4.68 Å². The van der Waals surface area contributed by atoms with Crippen LogP contribution in [-0.4, -0.2) is 42.0 Å². The first kappa shape index (κ1) is 22.4. The van der Waals surface area contributed by atoms with E-state index in [1.165, 1.54) is 5.56 Å². The van der Waals surface area contributed by atoms with Gasteiger partial charge in [0.25, 0.3) is 0 Å². The third-order valence-corrected chi connectivity index (χ3v) is 3.60. The molecule has 0 saturated carbocycles. The summed E-state index contributed by atoms with van der Waals surface area (Å²) in [5.41, 5.74) is 2.34. The maximum absolute atomic E-state index is 5.34. The van der Waals surface area contributed by atoms with E-state index in [2.05, 4.69) is 46.0 Å². The highest BCUT2D eigenvalue weighted by molar-refractivity contribution is 14.0. The molecule has 2 N–H and O–H groups in total. The van der Waals surface area contributed by atoms with Crippen molar-refractivity contribution in [3.8, 4) is 0 Å². The zero-order valence-electron chi connectivity index (χ0n) is 15.6. The first-order chi connectivity index (χ1) is 12.3. The minimum Gasteiger partial charge on any atom is -0.382 e. The van der Waals surface area contributed by atoms with Crippen LogP contribution < -0.4 is 10.6 Å². The van der Waals surface area contributed by atoms with E-state index >= 15 is 0 Å². The molecule has 0 amide bonds. The topological polar surface area (TPSA) is 63.5 Å². The van der Waals surface area contributed by atoms with Crippen LogP contribution in [0, 0.1) is 0 Å². The Morgan fingerprint density at radius 2 is 1.96 bits per heavy atom. The van der Waals surface area contributed by atoms with E-state index in [0.29, 0.717) is 6.54 Å². The van der Waals surface area contributed by atoms with Crippen LogP contribution in [0.2, 0.25) is 0 Å². The van der Waals surface area contributed by atoms with Crippen LogP contribution >= 0.6 is 24.0 Å². The summed E-state index contributed by atoms with van der Waals surface area (Å²) in [5.74, 6) is 0.829. The SMILES string of the molecule is CCNC(=NCc1cnn(Cc2ccccc2)c1)NCCCOCC.I. The Bertz CT molecular complexity index is 630. The van der Waals surface area contributed by atoms with Crippen molar-refractivity contribution < 1.29 is 4.74 Å². The molecule has 0 unspecified atom stereocenters. The van der Waals surface area contributed by atoms with Gasteiger partial charge in [-0.1, -0.05) is 30.3 Å². The van der Waals surface area contributed by atoms with Crippen LogP contribution in [0.1, 0.15) is 31.4 Å². The van der Waals surface area contributed by atoms with Gasteiger partial charge >= 0.3 is 0 Å². The molecule has 0 radical (unpaired) electrons. The van der Waals surface area contributed by atoms with E-state index < -0.39 is 0 Å². The predicted octanol–water partition coefficient (Wildman–Crippen LogP) is 3.03. The molecule has 1 heterocycles. The Balaban J connectivity index is 0.00000338. The van der Waals surface area contributed by atoms with Gasteiger partial charge in [0.1, 0.15) is 0 Å². The largest absolute Gasteiger partial charge is 0.382 e. The Kier molecular flexibility index (Phi) is 11.7. The van der Waals surface area contributed by atoms with Crippen molar-refractivity contribution in [3.63, 3.8) is 0 Å². The van der Waals surface area contributed by atoms with E-state index in [4.69, 9.17) is 4.74 Å². The zero-order chi connectivity index (χ0) is 17.7.